The maximum absolute atomic E-state index is 11.7. The summed E-state index contributed by atoms with van der Waals surface area (Å²) in [4.78, 5) is 0. The van der Waals surface area contributed by atoms with Crippen LogP contribution in [0.5, 0.6) is 0 Å². The summed E-state index contributed by atoms with van der Waals surface area (Å²) in [5.41, 5.74) is 0. The lowest BCUT2D eigenvalue weighted by atomic mass is 10.6. The number of alkyl halides is 2. The van der Waals surface area contributed by atoms with Gasteiger partial charge in [0.15, 0.2) is 0 Å². The molecule has 0 aromatic rings. The van der Waals surface area contributed by atoms with Crippen molar-refractivity contribution >= 4 is 11.1 Å². The van der Waals surface area contributed by atoms with E-state index in [-0.39, 0.29) is 0 Å². The molecule has 0 aliphatic rings. The van der Waals surface area contributed by atoms with Crippen LogP contribution >= 0.6 is 0 Å². The summed E-state index contributed by atoms with van der Waals surface area (Å²) in [6, 6.07) is 0. The van der Waals surface area contributed by atoms with Crippen LogP contribution in [0.4, 0.5) is 22.0 Å². The Balaban J connectivity index is 4.86. The Morgan fingerprint density at radius 2 is 1.64 bits per heavy atom. The lowest BCUT2D eigenvalue weighted by Crippen LogP contribution is -2.23. The van der Waals surface area contributed by atoms with Crippen LogP contribution in [0, 0.1) is 0 Å². The summed E-state index contributed by atoms with van der Waals surface area (Å²) < 4.78 is 75.8. The van der Waals surface area contributed by atoms with Crippen molar-refractivity contribution in [1.29, 1.82) is 0 Å². The van der Waals surface area contributed by atoms with Crippen molar-refractivity contribution in [3.05, 3.63) is 11.9 Å². The van der Waals surface area contributed by atoms with Crippen molar-refractivity contribution in [2.24, 2.45) is 0 Å². The first-order chi connectivity index (χ1) is 4.80. The van der Waals surface area contributed by atoms with Gasteiger partial charge in [-0.2, -0.15) is 22.0 Å². The Morgan fingerprint density at radius 3 is 1.73 bits per heavy atom. The maximum Gasteiger partial charge on any atom is 0.365 e. The summed E-state index contributed by atoms with van der Waals surface area (Å²) >= 11 is -4.22. The van der Waals surface area contributed by atoms with Gasteiger partial charge in [0.25, 0.3) is 0 Å². The highest BCUT2D eigenvalue weighted by molar-refractivity contribution is 7.80. The van der Waals surface area contributed by atoms with Crippen LogP contribution in [-0.4, -0.2) is 14.0 Å². The number of rotatable bonds is 2. The fraction of sp³-hybridized carbons (Fsp3) is 0.333. The zero-order valence-corrected chi connectivity index (χ0v) is 5.43. The monoisotopic (exact) mass is 195 g/mol. The smallest absolute Gasteiger partial charge is 0.365 e. The molecule has 0 fully saturated rings. The average molecular weight is 195 g/mol. The first-order valence-electron chi connectivity index (χ1n) is 1.98. The highest BCUT2D eigenvalue weighted by Crippen LogP contribution is 2.31. The molecule has 0 heterocycles. The molecule has 0 saturated carbocycles. The maximum atomic E-state index is 11.7. The van der Waals surface area contributed by atoms with Crippen molar-refractivity contribution in [2.75, 3.05) is 0 Å². The van der Waals surface area contributed by atoms with Crippen LogP contribution in [0.15, 0.2) is 11.9 Å². The molecule has 0 aliphatic carbocycles. The molecule has 0 rings (SSSR count). The van der Waals surface area contributed by atoms with E-state index in [1.807, 2.05) is 0 Å². The second-order valence-corrected chi connectivity index (χ2v) is 2.31. The Labute approximate surface area is 60.0 Å². The van der Waals surface area contributed by atoms with E-state index in [1.165, 1.54) is 0 Å². The van der Waals surface area contributed by atoms with Gasteiger partial charge in [-0.15, -0.1) is 0 Å². The predicted molar refractivity (Wildman–Crippen MR) is 24.2 cm³/mol. The van der Waals surface area contributed by atoms with Crippen molar-refractivity contribution in [3.63, 3.8) is 0 Å². The van der Waals surface area contributed by atoms with Gasteiger partial charge in [0.05, 0.1) is 0 Å². The molecule has 0 aromatic carbocycles. The number of halogens is 5. The van der Waals surface area contributed by atoms with Crippen molar-refractivity contribution in [2.45, 2.75) is 5.25 Å². The van der Waals surface area contributed by atoms with Crippen molar-refractivity contribution in [3.8, 4) is 0 Å². The van der Waals surface area contributed by atoms with E-state index in [0.717, 1.165) is 0 Å². The molecule has 0 N–H and O–H groups in total. The van der Waals surface area contributed by atoms with Crippen LogP contribution in [-0.2, 0) is 11.1 Å². The van der Waals surface area contributed by atoms with Crippen LogP contribution < -0.4 is 0 Å². The minimum absolute atomic E-state index is 3.24. The van der Waals surface area contributed by atoms with Gasteiger partial charge >= 0.3 is 11.3 Å². The summed E-state index contributed by atoms with van der Waals surface area (Å²) in [5.74, 6) is -3.24. The van der Waals surface area contributed by atoms with Gasteiger partial charge in [-0.1, -0.05) is 0 Å². The summed E-state index contributed by atoms with van der Waals surface area (Å²) in [6.07, 6.45) is -3.35. The fourth-order valence-corrected chi connectivity index (χ4v) is 0.407. The van der Waals surface area contributed by atoms with Crippen LogP contribution in [0.2, 0.25) is 0 Å². The third kappa shape index (κ3) is 2.22. The van der Waals surface area contributed by atoms with Gasteiger partial charge in [0.2, 0.25) is 5.83 Å². The van der Waals surface area contributed by atoms with Gasteiger partial charge in [-0.05, 0) is 0 Å². The second kappa shape index (κ2) is 3.26. The molecule has 0 bridgehead atoms. The van der Waals surface area contributed by atoms with Gasteiger partial charge < -0.3 is 4.55 Å². The second-order valence-electron chi connectivity index (χ2n) is 1.33. The largest absolute Gasteiger partial charge is 0.768 e. The lowest BCUT2D eigenvalue weighted by molar-refractivity contribution is 0.0918. The van der Waals surface area contributed by atoms with Gasteiger partial charge in [-0.25, -0.2) is 0 Å². The molecular weight excluding hydrogens is 195 g/mol. The first-order valence-corrected chi connectivity index (χ1v) is 3.06. The van der Waals surface area contributed by atoms with Crippen LogP contribution in [0.1, 0.15) is 0 Å². The Morgan fingerprint density at radius 1 is 1.27 bits per heavy atom. The van der Waals surface area contributed by atoms with Crippen molar-refractivity contribution < 1.29 is 30.7 Å². The van der Waals surface area contributed by atoms with E-state index < -0.39 is 28.2 Å². The van der Waals surface area contributed by atoms with Crippen LogP contribution in [0.3, 0.4) is 0 Å². The normalized spacial score (nSPS) is 14.4. The lowest BCUT2D eigenvalue weighted by Gasteiger charge is -2.15. The van der Waals surface area contributed by atoms with Gasteiger partial charge in [0, 0.05) is 11.1 Å². The molecule has 1 unspecified atom stereocenters. The molecule has 66 valence electrons. The molecule has 1 atom stereocenters. The highest BCUT2D eigenvalue weighted by atomic mass is 32.2. The standard InChI is InChI=1S/C3HF5O2S/c4-1(2(5)6)3(7,8)11(9)10/h(H,9,10)/p-1. The first kappa shape index (κ1) is 10.5. The molecule has 0 amide bonds. The molecule has 0 saturated heterocycles. The molecule has 0 spiro atoms. The molecule has 8 heteroatoms. The molecule has 2 nitrogen and oxygen atoms in total. The van der Waals surface area contributed by atoms with Crippen molar-refractivity contribution in [1.82, 2.24) is 0 Å². The average Bonchev–Trinajstić information content (AvgIpc) is 1.85. The molecule has 11 heavy (non-hydrogen) atoms. The number of hydrogen-bond acceptors (Lipinski definition) is 2. The fourth-order valence-electron chi connectivity index (χ4n) is 0.183. The number of hydrogen-bond donors (Lipinski definition) is 0. The minimum Gasteiger partial charge on any atom is -0.768 e. The molecule has 0 aliphatic heterocycles. The predicted octanol–water partition coefficient (Wildman–Crippen LogP) is 1.54. The SMILES string of the molecule is O=S([O-])C(F)(F)C(F)=C(F)F. The van der Waals surface area contributed by atoms with Gasteiger partial charge in [-0.3, -0.25) is 4.21 Å². The van der Waals surface area contributed by atoms with E-state index in [9.17, 15) is 30.7 Å². The zero-order valence-electron chi connectivity index (χ0n) is 4.61. The summed E-state index contributed by atoms with van der Waals surface area (Å²) in [5, 5.41) is -5.14. The third-order valence-electron chi connectivity index (χ3n) is 0.631. The van der Waals surface area contributed by atoms with Gasteiger partial charge in [0.1, 0.15) is 0 Å². The van der Waals surface area contributed by atoms with E-state index in [1.54, 1.807) is 0 Å². The minimum atomic E-state index is -5.14. The highest BCUT2D eigenvalue weighted by Gasteiger charge is 2.40. The van der Waals surface area contributed by atoms with Crippen LogP contribution in [0.25, 0.3) is 0 Å². The molecule has 0 radical (unpaired) electrons. The van der Waals surface area contributed by atoms with E-state index in [0.29, 0.717) is 0 Å². The summed E-state index contributed by atoms with van der Waals surface area (Å²) in [7, 11) is 0. The quantitative estimate of drug-likeness (QED) is 0.495. The molecule has 0 aromatic heterocycles. The zero-order chi connectivity index (χ0) is 9.23. The Kier molecular flexibility index (Phi) is 3.12. The topological polar surface area (TPSA) is 40.1 Å². The Hall–Kier alpha value is -0.500. The third-order valence-corrected chi connectivity index (χ3v) is 1.23. The molecular formula is C3F5O2S-. The van der Waals surface area contributed by atoms with E-state index >= 15 is 0 Å². The van der Waals surface area contributed by atoms with E-state index in [2.05, 4.69) is 0 Å². The summed E-state index contributed by atoms with van der Waals surface area (Å²) in [6.45, 7) is 0. The van der Waals surface area contributed by atoms with E-state index in [4.69, 9.17) is 0 Å². The Bertz CT molecular complexity index is 208.